The van der Waals surface area contributed by atoms with Crippen LogP contribution in [0.25, 0.3) is 0 Å². The van der Waals surface area contributed by atoms with Crippen LogP contribution in [0.5, 0.6) is 0 Å². The Morgan fingerprint density at radius 3 is 2.30 bits per heavy atom. The van der Waals surface area contributed by atoms with Crippen molar-refractivity contribution < 1.29 is 28.6 Å². The largest absolute Gasteiger partial charge is 1.00 e. The summed E-state index contributed by atoms with van der Waals surface area (Å²) in [7, 11) is 0. The van der Waals surface area contributed by atoms with E-state index < -0.39 is 0 Å². The van der Waals surface area contributed by atoms with Crippen LogP contribution in [0, 0.1) is 12.3 Å². The van der Waals surface area contributed by atoms with E-state index in [1.54, 1.807) is 0 Å². The van der Waals surface area contributed by atoms with Crippen LogP contribution in [-0.4, -0.2) is 23.5 Å². The van der Waals surface area contributed by atoms with Crippen molar-refractivity contribution in [2.24, 2.45) is 5.73 Å². The Bertz CT molecular complexity index is 151. The zero-order valence-corrected chi connectivity index (χ0v) is 8.55. The standard InChI is InChI=1S/C7H12N2.HI/c1-4-6-9(5-2)7(3)8;/h1,8H,5-6H2,2-3H3;1H. The van der Waals surface area contributed by atoms with Gasteiger partial charge in [0.15, 0.2) is 0 Å². The molecular formula is C7H13IN2. The Morgan fingerprint density at radius 2 is 2.20 bits per heavy atom. The van der Waals surface area contributed by atoms with E-state index in [-0.39, 0.29) is 24.0 Å². The molecule has 0 spiro atoms. The molecule has 0 aromatic heterocycles. The third kappa shape index (κ3) is 4.62. The molecular weight excluding hydrogens is 239 g/mol. The highest BCUT2D eigenvalue weighted by Crippen LogP contribution is 1.73. The average Bonchev–Trinajstić information content (AvgIpc) is 1.82. The normalized spacial score (nSPS) is 10.9. The van der Waals surface area contributed by atoms with Crippen molar-refractivity contribution in [3.8, 4) is 12.3 Å². The number of hydrogen-bond donors (Lipinski definition) is 1. The van der Waals surface area contributed by atoms with Crippen LogP contribution in [0.3, 0.4) is 0 Å². The van der Waals surface area contributed by atoms with Gasteiger partial charge in [-0.1, -0.05) is 5.92 Å². The molecule has 0 radical (unpaired) electrons. The summed E-state index contributed by atoms with van der Waals surface area (Å²) in [6.45, 7) is 5.36. The first-order valence-electron chi connectivity index (χ1n) is 2.99. The molecule has 0 aliphatic carbocycles. The van der Waals surface area contributed by atoms with Gasteiger partial charge in [-0.3, -0.25) is 10.3 Å². The summed E-state index contributed by atoms with van der Waals surface area (Å²) in [5.41, 5.74) is 5.48. The van der Waals surface area contributed by atoms with Gasteiger partial charge in [0, 0.05) is 6.92 Å². The molecule has 0 atom stereocenters. The third-order valence-corrected chi connectivity index (χ3v) is 1.16. The lowest BCUT2D eigenvalue weighted by Gasteiger charge is -1.98. The SMILES string of the molecule is C#CC[N+](CC)=C(C)N.[I-]. The van der Waals surface area contributed by atoms with Gasteiger partial charge in [0.2, 0.25) is 5.84 Å². The van der Waals surface area contributed by atoms with Gasteiger partial charge in [-0.15, -0.1) is 6.42 Å². The number of amidine groups is 1. The van der Waals surface area contributed by atoms with E-state index in [1.807, 2.05) is 18.4 Å². The monoisotopic (exact) mass is 252 g/mol. The van der Waals surface area contributed by atoms with Crippen LogP contribution >= 0.6 is 0 Å². The molecule has 2 nitrogen and oxygen atoms in total. The maximum absolute atomic E-state index is 5.48. The fourth-order valence-corrected chi connectivity index (χ4v) is 0.596. The summed E-state index contributed by atoms with van der Waals surface area (Å²) in [4.78, 5) is 0. The quantitative estimate of drug-likeness (QED) is 0.184. The molecule has 0 fully saturated rings. The predicted molar refractivity (Wildman–Crippen MR) is 39.4 cm³/mol. The number of terminal acetylenes is 1. The average molecular weight is 252 g/mol. The van der Waals surface area contributed by atoms with Crippen LogP contribution < -0.4 is 29.7 Å². The second-order valence-corrected chi connectivity index (χ2v) is 1.86. The van der Waals surface area contributed by atoms with Gasteiger partial charge in [0.05, 0.1) is 6.54 Å². The van der Waals surface area contributed by atoms with Gasteiger partial charge in [0.25, 0.3) is 0 Å². The highest BCUT2D eigenvalue weighted by molar-refractivity contribution is 5.72. The van der Waals surface area contributed by atoms with Gasteiger partial charge < -0.3 is 24.0 Å². The summed E-state index contributed by atoms with van der Waals surface area (Å²) in [5.74, 6) is 3.31. The second kappa shape index (κ2) is 6.87. The van der Waals surface area contributed by atoms with E-state index in [1.165, 1.54) is 0 Å². The molecule has 0 amide bonds. The zero-order chi connectivity index (χ0) is 7.28. The Kier molecular flexibility index (Phi) is 8.55. The van der Waals surface area contributed by atoms with E-state index in [2.05, 4.69) is 5.92 Å². The van der Waals surface area contributed by atoms with E-state index in [0.29, 0.717) is 6.54 Å². The summed E-state index contributed by atoms with van der Waals surface area (Å²) < 4.78 is 1.93. The molecule has 0 rings (SSSR count). The first-order valence-corrected chi connectivity index (χ1v) is 2.99. The van der Waals surface area contributed by atoms with Crippen molar-refractivity contribution in [1.29, 1.82) is 0 Å². The topological polar surface area (TPSA) is 29.0 Å². The number of hydrogen-bond acceptors (Lipinski definition) is 0. The lowest BCUT2D eigenvalue weighted by molar-refractivity contribution is -0.513. The van der Waals surface area contributed by atoms with Crippen molar-refractivity contribution in [1.82, 2.24) is 0 Å². The van der Waals surface area contributed by atoms with Gasteiger partial charge >= 0.3 is 0 Å². The second-order valence-electron chi connectivity index (χ2n) is 1.86. The Labute approximate surface area is 79.5 Å². The van der Waals surface area contributed by atoms with Crippen molar-refractivity contribution in [3.63, 3.8) is 0 Å². The molecule has 0 aliphatic rings. The minimum atomic E-state index is 0. The van der Waals surface area contributed by atoms with E-state index >= 15 is 0 Å². The molecule has 0 unspecified atom stereocenters. The molecule has 58 valence electrons. The van der Waals surface area contributed by atoms with Gasteiger partial charge in [-0.05, 0) is 6.92 Å². The molecule has 3 heteroatoms. The maximum Gasteiger partial charge on any atom is 0.240 e. The van der Waals surface area contributed by atoms with Crippen molar-refractivity contribution in [2.75, 3.05) is 13.1 Å². The van der Waals surface area contributed by atoms with E-state index in [4.69, 9.17) is 12.2 Å². The predicted octanol–water partition coefficient (Wildman–Crippen LogP) is -2.97. The van der Waals surface area contributed by atoms with Crippen LogP contribution in [-0.2, 0) is 0 Å². The van der Waals surface area contributed by atoms with E-state index in [9.17, 15) is 0 Å². The maximum atomic E-state index is 5.48. The molecule has 0 heterocycles. The van der Waals surface area contributed by atoms with Crippen LogP contribution in [0.4, 0.5) is 0 Å². The molecule has 10 heavy (non-hydrogen) atoms. The molecule has 0 saturated heterocycles. The Morgan fingerprint density at radius 1 is 1.70 bits per heavy atom. The summed E-state index contributed by atoms with van der Waals surface area (Å²) >= 11 is 0. The molecule has 0 aromatic rings. The van der Waals surface area contributed by atoms with Crippen LogP contribution in [0.2, 0.25) is 0 Å². The summed E-state index contributed by atoms with van der Waals surface area (Å²) in [6, 6.07) is 0. The van der Waals surface area contributed by atoms with Crippen molar-refractivity contribution in [3.05, 3.63) is 0 Å². The smallest absolute Gasteiger partial charge is 0.240 e. The summed E-state index contributed by atoms with van der Waals surface area (Å²) in [5, 5.41) is 0. The zero-order valence-electron chi connectivity index (χ0n) is 6.39. The van der Waals surface area contributed by atoms with Crippen molar-refractivity contribution >= 4 is 5.84 Å². The van der Waals surface area contributed by atoms with Crippen molar-refractivity contribution in [2.45, 2.75) is 13.8 Å². The minimum absolute atomic E-state index is 0. The van der Waals surface area contributed by atoms with Gasteiger partial charge in [-0.2, -0.15) is 0 Å². The van der Waals surface area contributed by atoms with Crippen LogP contribution in [0.1, 0.15) is 13.8 Å². The van der Waals surface area contributed by atoms with Gasteiger partial charge in [0.1, 0.15) is 6.54 Å². The molecule has 2 N–H and O–H groups in total. The fourth-order valence-electron chi connectivity index (χ4n) is 0.596. The third-order valence-electron chi connectivity index (χ3n) is 1.16. The number of nitrogens with zero attached hydrogens (tertiary/aromatic N) is 1. The van der Waals surface area contributed by atoms with Gasteiger partial charge in [-0.25, -0.2) is 0 Å². The highest BCUT2D eigenvalue weighted by atomic mass is 127. The van der Waals surface area contributed by atoms with E-state index in [0.717, 1.165) is 12.4 Å². The molecule has 0 bridgehead atoms. The minimum Gasteiger partial charge on any atom is -1.00 e. The van der Waals surface area contributed by atoms with Crippen LogP contribution in [0.15, 0.2) is 0 Å². The Balaban J connectivity index is 0. The fraction of sp³-hybridized carbons (Fsp3) is 0.571. The highest BCUT2D eigenvalue weighted by Gasteiger charge is 1.95. The molecule has 0 aromatic carbocycles. The lowest BCUT2D eigenvalue weighted by atomic mass is 10.5. The number of halogens is 1. The Hall–Kier alpha value is -0.240. The first kappa shape index (κ1) is 12.4. The number of rotatable bonds is 2. The summed E-state index contributed by atoms with van der Waals surface area (Å²) in [6.07, 6.45) is 5.08. The first-order chi connectivity index (χ1) is 4.22. The molecule has 0 saturated carbocycles. The lowest BCUT2D eigenvalue weighted by Crippen LogP contribution is -3.00. The number of nitrogens with two attached hydrogens (primary N) is 1. The molecule has 0 aliphatic heterocycles.